The van der Waals surface area contributed by atoms with Gasteiger partial charge in [-0.3, -0.25) is 0 Å². The molecule has 0 aliphatic heterocycles. The van der Waals surface area contributed by atoms with Gasteiger partial charge in [0.15, 0.2) is 0 Å². The lowest BCUT2D eigenvalue weighted by atomic mass is 9.93. The number of hydrogen-bond acceptors (Lipinski definition) is 2. The molecule has 4 heteroatoms. The maximum Gasteiger partial charge on any atom is 0.267 e. The number of aliphatic hydroxyl groups is 1. The second-order valence-electron chi connectivity index (χ2n) is 4.99. The van der Waals surface area contributed by atoms with Crippen LogP contribution in [0.3, 0.4) is 0 Å². The molecule has 1 aliphatic carbocycles. The fourth-order valence-electron chi connectivity index (χ4n) is 1.92. The lowest BCUT2D eigenvalue weighted by Crippen LogP contribution is -2.08. The summed E-state index contributed by atoms with van der Waals surface area (Å²) in [5.74, 6) is -0.376. The third-order valence-corrected chi connectivity index (χ3v) is 3.29. The molecule has 17 heavy (non-hydrogen) atoms. The van der Waals surface area contributed by atoms with Crippen LogP contribution in [0.25, 0.3) is 0 Å². The van der Waals surface area contributed by atoms with E-state index in [2.05, 4.69) is 0 Å². The van der Waals surface area contributed by atoms with E-state index >= 15 is 0 Å². The van der Waals surface area contributed by atoms with Crippen molar-refractivity contribution in [2.75, 3.05) is 0 Å². The lowest BCUT2D eigenvalue weighted by Gasteiger charge is -2.17. The van der Waals surface area contributed by atoms with Crippen LogP contribution in [0.2, 0.25) is 0 Å². The van der Waals surface area contributed by atoms with Gasteiger partial charge >= 0.3 is 0 Å². The van der Waals surface area contributed by atoms with E-state index < -0.39 is 17.8 Å². The van der Waals surface area contributed by atoms with Crippen molar-refractivity contribution in [1.82, 2.24) is 0 Å². The van der Waals surface area contributed by atoms with Crippen LogP contribution in [-0.4, -0.2) is 10.2 Å². The number of benzene rings is 1. The summed E-state index contributed by atoms with van der Waals surface area (Å²) < 4.78 is 25.6. The number of halogens is 2. The fourth-order valence-corrected chi connectivity index (χ4v) is 1.92. The number of aromatic hydroxyl groups is 1. The summed E-state index contributed by atoms with van der Waals surface area (Å²) in [5.41, 5.74) is -0.516. The van der Waals surface area contributed by atoms with Gasteiger partial charge in [0.1, 0.15) is 5.75 Å². The molecular weight excluding hydrogens is 226 g/mol. The maximum atomic E-state index is 12.8. The van der Waals surface area contributed by atoms with Gasteiger partial charge in [0.05, 0.1) is 11.2 Å². The van der Waals surface area contributed by atoms with Gasteiger partial charge in [-0.1, -0.05) is 13.8 Å². The van der Waals surface area contributed by atoms with Gasteiger partial charge < -0.3 is 10.2 Å². The Labute approximate surface area is 98.9 Å². The molecule has 2 rings (SSSR count). The van der Waals surface area contributed by atoms with Crippen LogP contribution in [0.1, 0.15) is 55.7 Å². The van der Waals surface area contributed by atoms with E-state index in [-0.39, 0.29) is 17.0 Å². The van der Waals surface area contributed by atoms with E-state index in [9.17, 15) is 19.0 Å². The van der Waals surface area contributed by atoms with Crippen LogP contribution < -0.4 is 0 Å². The molecule has 1 aromatic carbocycles. The molecule has 94 valence electrons. The van der Waals surface area contributed by atoms with Gasteiger partial charge in [0.2, 0.25) is 0 Å². The van der Waals surface area contributed by atoms with Gasteiger partial charge in [-0.15, -0.1) is 0 Å². The summed E-state index contributed by atoms with van der Waals surface area (Å²) in [6, 6.07) is 2.96. The number of rotatable bonds is 3. The lowest BCUT2D eigenvalue weighted by molar-refractivity contribution is 0.137. The normalized spacial score (nSPS) is 17.8. The molecule has 1 aromatic rings. The summed E-state index contributed by atoms with van der Waals surface area (Å²) in [4.78, 5) is 0. The molecule has 1 fully saturated rings. The Bertz CT molecular complexity index is 437. The molecule has 1 saturated carbocycles. The van der Waals surface area contributed by atoms with E-state index in [1.165, 1.54) is 6.07 Å². The Kier molecular flexibility index (Phi) is 2.86. The molecule has 1 aliphatic rings. The molecule has 0 aromatic heterocycles. The average Bonchev–Trinajstić information content (AvgIpc) is 2.96. The molecule has 2 nitrogen and oxygen atoms in total. The predicted molar refractivity (Wildman–Crippen MR) is 60.3 cm³/mol. The largest absolute Gasteiger partial charge is 0.507 e. The highest BCUT2D eigenvalue weighted by Crippen LogP contribution is 2.51. The summed E-state index contributed by atoms with van der Waals surface area (Å²) >= 11 is 0. The van der Waals surface area contributed by atoms with Crippen molar-refractivity contribution in [3.8, 4) is 5.75 Å². The highest BCUT2D eigenvalue weighted by Gasteiger charge is 2.45. The standard InChI is InChI=1S/C13H16F2O2/c1-7(2)8-5-9(12(14)15)11(16)10(6-8)13(17)3-4-13/h5-7,12,16-17H,3-4H2,1-2H3. The molecule has 0 radical (unpaired) electrons. The topological polar surface area (TPSA) is 40.5 Å². The molecule has 2 N–H and O–H groups in total. The van der Waals surface area contributed by atoms with Gasteiger partial charge in [-0.25, -0.2) is 8.78 Å². The summed E-state index contributed by atoms with van der Waals surface area (Å²) in [7, 11) is 0. The molecule has 0 unspecified atom stereocenters. The van der Waals surface area contributed by atoms with Crippen molar-refractivity contribution in [3.05, 3.63) is 28.8 Å². The minimum Gasteiger partial charge on any atom is -0.507 e. The Balaban J connectivity index is 2.58. The van der Waals surface area contributed by atoms with E-state index in [0.717, 1.165) is 0 Å². The minimum absolute atomic E-state index is 0.0780. The van der Waals surface area contributed by atoms with Crippen LogP contribution in [0, 0.1) is 0 Å². The van der Waals surface area contributed by atoms with E-state index in [4.69, 9.17) is 0 Å². The molecule has 0 bridgehead atoms. The van der Waals surface area contributed by atoms with Gasteiger partial charge in [-0.05, 0) is 36.5 Å². The first-order chi connectivity index (χ1) is 7.85. The monoisotopic (exact) mass is 242 g/mol. The second kappa shape index (κ2) is 3.95. The summed E-state index contributed by atoms with van der Waals surface area (Å²) in [6.07, 6.45) is -1.69. The summed E-state index contributed by atoms with van der Waals surface area (Å²) in [6.45, 7) is 3.78. The quantitative estimate of drug-likeness (QED) is 0.852. The van der Waals surface area contributed by atoms with Crippen LogP contribution in [0.4, 0.5) is 8.78 Å². The first kappa shape index (κ1) is 12.3. The SMILES string of the molecule is CC(C)c1cc(C(F)F)c(O)c(C2(O)CC2)c1. The molecule has 0 heterocycles. The van der Waals surface area contributed by atoms with Crippen molar-refractivity contribution in [1.29, 1.82) is 0 Å². The van der Waals surface area contributed by atoms with Crippen molar-refractivity contribution in [3.63, 3.8) is 0 Å². The number of phenols is 1. The average molecular weight is 242 g/mol. The van der Waals surface area contributed by atoms with E-state index in [1.54, 1.807) is 6.07 Å². The van der Waals surface area contributed by atoms with Crippen molar-refractivity contribution < 1.29 is 19.0 Å². The van der Waals surface area contributed by atoms with Gasteiger partial charge in [0, 0.05) is 5.56 Å². The Morgan fingerprint density at radius 1 is 1.24 bits per heavy atom. The fraction of sp³-hybridized carbons (Fsp3) is 0.538. The van der Waals surface area contributed by atoms with Crippen LogP contribution >= 0.6 is 0 Å². The number of alkyl halides is 2. The molecule has 0 spiro atoms. The highest BCUT2D eigenvalue weighted by atomic mass is 19.3. The molecule has 0 saturated heterocycles. The van der Waals surface area contributed by atoms with Crippen molar-refractivity contribution in [2.45, 2.75) is 44.6 Å². The number of phenolic OH excluding ortho intramolecular Hbond substituents is 1. The van der Waals surface area contributed by atoms with Crippen LogP contribution in [-0.2, 0) is 5.60 Å². The van der Waals surface area contributed by atoms with Crippen molar-refractivity contribution in [2.24, 2.45) is 0 Å². The van der Waals surface area contributed by atoms with E-state index in [1.807, 2.05) is 13.8 Å². The van der Waals surface area contributed by atoms with E-state index in [0.29, 0.717) is 18.4 Å². The number of hydrogen-bond donors (Lipinski definition) is 2. The molecule has 0 amide bonds. The second-order valence-corrected chi connectivity index (χ2v) is 4.99. The van der Waals surface area contributed by atoms with Crippen LogP contribution in [0.15, 0.2) is 12.1 Å². The van der Waals surface area contributed by atoms with Crippen LogP contribution in [0.5, 0.6) is 5.75 Å². The molecule has 0 atom stereocenters. The van der Waals surface area contributed by atoms with Gasteiger partial charge in [-0.2, -0.15) is 0 Å². The highest BCUT2D eigenvalue weighted by molar-refractivity contribution is 5.49. The Morgan fingerprint density at radius 3 is 2.24 bits per heavy atom. The van der Waals surface area contributed by atoms with Gasteiger partial charge in [0.25, 0.3) is 6.43 Å². The van der Waals surface area contributed by atoms with Crippen molar-refractivity contribution >= 4 is 0 Å². The predicted octanol–water partition coefficient (Wildman–Crippen LogP) is 3.43. The third kappa shape index (κ3) is 2.14. The third-order valence-electron chi connectivity index (χ3n) is 3.29. The minimum atomic E-state index is -2.73. The zero-order valence-electron chi connectivity index (χ0n) is 9.87. The maximum absolute atomic E-state index is 12.8. The Morgan fingerprint density at radius 2 is 1.82 bits per heavy atom. The summed E-state index contributed by atoms with van der Waals surface area (Å²) in [5, 5.41) is 19.8. The Hall–Kier alpha value is -1.16. The molecular formula is C13H16F2O2. The zero-order chi connectivity index (χ0) is 12.8. The first-order valence-corrected chi connectivity index (χ1v) is 5.73. The first-order valence-electron chi connectivity index (χ1n) is 5.73. The zero-order valence-corrected chi connectivity index (χ0v) is 9.87. The smallest absolute Gasteiger partial charge is 0.267 e.